The maximum absolute atomic E-state index is 13.3. The minimum atomic E-state index is -1.78. The van der Waals surface area contributed by atoms with Crippen molar-refractivity contribution < 1.29 is 64.6 Å². The first kappa shape index (κ1) is 70.5. The Bertz CT molecular complexity index is 1570. The van der Waals surface area contributed by atoms with E-state index in [1.807, 2.05) is 0 Å². The van der Waals surface area contributed by atoms with E-state index < -0.39 is 86.8 Å². The maximum Gasteiger partial charge on any atom is 0.220 e. The molecule has 0 radical (unpaired) electrons. The van der Waals surface area contributed by atoms with Crippen LogP contribution in [-0.2, 0) is 23.7 Å². The topological polar surface area (TPSA) is 228 Å². The zero-order valence-corrected chi connectivity index (χ0v) is 47.9. The third-order valence-corrected chi connectivity index (χ3v) is 14.7. The molecule has 0 aromatic heterocycles. The number of hydrogen-bond donors (Lipinski definition) is 9. The first-order chi connectivity index (χ1) is 37.6. The number of carbonyl (C=O) groups excluding carboxylic acids is 1. The summed E-state index contributed by atoms with van der Waals surface area (Å²) >= 11 is 0. The van der Waals surface area contributed by atoms with Gasteiger partial charge in [0.25, 0.3) is 0 Å². The molecule has 12 atom stereocenters. The Hall–Kier alpha value is -2.57. The van der Waals surface area contributed by atoms with E-state index in [-0.39, 0.29) is 12.5 Å². The van der Waals surface area contributed by atoms with Gasteiger partial charge in [-0.1, -0.05) is 228 Å². The second kappa shape index (κ2) is 48.2. The van der Waals surface area contributed by atoms with Crippen LogP contribution < -0.4 is 5.32 Å². The summed E-state index contributed by atoms with van der Waals surface area (Å²) in [5.74, 6) is -0.212. The minimum Gasteiger partial charge on any atom is -0.394 e. The number of aliphatic hydroxyl groups is 8. The van der Waals surface area contributed by atoms with Crippen LogP contribution in [0.5, 0.6) is 0 Å². The second-order valence-electron chi connectivity index (χ2n) is 21.5. The molecule has 2 rings (SSSR count). The smallest absolute Gasteiger partial charge is 0.220 e. The van der Waals surface area contributed by atoms with Crippen LogP contribution >= 0.6 is 0 Å². The SMILES string of the molecule is CC/C=C\C/C=C\C/C=C\C/C=C\C/C=C\C/C=C\CCCCCCCCCCCCCCC(=O)NC(COC1OC(CO)C(OC2OC(CO)C(O)C(O)C2O)C(O)C1O)C(O)CCCCCCCCCCCCCC. The van der Waals surface area contributed by atoms with Gasteiger partial charge >= 0.3 is 0 Å². The van der Waals surface area contributed by atoms with Gasteiger partial charge in [0.1, 0.15) is 48.8 Å². The summed E-state index contributed by atoms with van der Waals surface area (Å²) in [6.45, 7) is 2.73. The van der Waals surface area contributed by atoms with Crippen LogP contribution in [0.25, 0.3) is 0 Å². The van der Waals surface area contributed by atoms with Crippen LogP contribution in [0.15, 0.2) is 72.9 Å². The molecular formula is C63H111NO13. The lowest BCUT2D eigenvalue weighted by atomic mass is 9.97. The number of amides is 1. The Morgan fingerprint density at radius 2 is 0.896 bits per heavy atom. The molecule has 2 fully saturated rings. The van der Waals surface area contributed by atoms with Crippen LogP contribution in [0.4, 0.5) is 0 Å². The third-order valence-electron chi connectivity index (χ3n) is 14.7. The predicted octanol–water partition coefficient (Wildman–Crippen LogP) is 10.7. The Morgan fingerprint density at radius 1 is 0.481 bits per heavy atom. The number of nitrogens with one attached hydrogen (secondary N) is 1. The normalized spacial score (nSPS) is 25.2. The van der Waals surface area contributed by atoms with E-state index in [0.717, 1.165) is 96.3 Å². The number of rotatable bonds is 48. The summed E-state index contributed by atoms with van der Waals surface area (Å²) in [5, 5.41) is 87.2. The summed E-state index contributed by atoms with van der Waals surface area (Å²) in [7, 11) is 0. The van der Waals surface area contributed by atoms with Crippen molar-refractivity contribution in [1.82, 2.24) is 5.32 Å². The van der Waals surface area contributed by atoms with Gasteiger partial charge in [0.15, 0.2) is 12.6 Å². The van der Waals surface area contributed by atoms with Crippen molar-refractivity contribution >= 4 is 5.91 Å². The average Bonchev–Trinajstić information content (AvgIpc) is 3.43. The molecule has 0 aromatic carbocycles. The molecule has 1 amide bonds. The molecule has 14 nitrogen and oxygen atoms in total. The number of hydrogen-bond acceptors (Lipinski definition) is 13. The fourth-order valence-electron chi connectivity index (χ4n) is 9.77. The van der Waals surface area contributed by atoms with Gasteiger partial charge in [0.2, 0.25) is 5.91 Å². The number of unbranched alkanes of at least 4 members (excludes halogenated alkanes) is 23. The molecule has 12 unspecified atom stereocenters. The molecule has 446 valence electrons. The fourth-order valence-corrected chi connectivity index (χ4v) is 9.77. The van der Waals surface area contributed by atoms with E-state index >= 15 is 0 Å². The summed E-state index contributed by atoms with van der Waals surface area (Å²) < 4.78 is 22.8. The lowest BCUT2D eigenvalue weighted by molar-refractivity contribution is -0.359. The van der Waals surface area contributed by atoms with Gasteiger partial charge in [-0.2, -0.15) is 0 Å². The van der Waals surface area contributed by atoms with Gasteiger partial charge in [-0.3, -0.25) is 4.79 Å². The molecule has 0 saturated carbocycles. The summed E-state index contributed by atoms with van der Waals surface area (Å²) in [4.78, 5) is 13.3. The zero-order valence-electron chi connectivity index (χ0n) is 47.9. The first-order valence-electron chi connectivity index (χ1n) is 30.7. The monoisotopic (exact) mass is 1090 g/mol. The van der Waals surface area contributed by atoms with Crippen molar-refractivity contribution in [1.29, 1.82) is 0 Å². The van der Waals surface area contributed by atoms with Gasteiger partial charge in [-0.25, -0.2) is 0 Å². The minimum absolute atomic E-state index is 0.212. The molecule has 2 aliphatic heterocycles. The number of ether oxygens (including phenoxy) is 4. The number of allylic oxidation sites excluding steroid dienone is 12. The van der Waals surface area contributed by atoms with Crippen molar-refractivity contribution in [2.75, 3.05) is 19.8 Å². The highest BCUT2D eigenvalue weighted by atomic mass is 16.7. The van der Waals surface area contributed by atoms with Crippen LogP contribution in [0.1, 0.15) is 226 Å². The standard InChI is InChI=1S/C63H111NO13/c1-3-5-7-9-11-13-15-17-18-19-20-21-22-23-24-25-26-27-28-29-30-31-32-33-34-35-37-39-41-43-45-47-55(68)64-51(52(67)46-44-42-40-38-36-16-14-12-10-8-6-4-2)50-74-62-60(73)58(71)61(54(49-66)76-62)77-63-59(72)57(70)56(69)53(48-65)75-63/h5,7,11,13,17-18,20-21,23-24,26-27,51-54,56-63,65-67,69-73H,3-4,6,8-10,12,14-16,19,22,25,28-50H2,1-2H3,(H,64,68)/b7-5-,13-11-,18-17-,21-20-,24-23-,27-26-. The second-order valence-corrected chi connectivity index (χ2v) is 21.5. The molecule has 2 aliphatic rings. The highest BCUT2D eigenvalue weighted by Crippen LogP contribution is 2.30. The lowest BCUT2D eigenvalue weighted by Crippen LogP contribution is -2.65. The highest BCUT2D eigenvalue weighted by molar-refractivity contribution is 5.76. The summed E-state index contributed by atoms with van der Waals surface area (Å²) in [6.07, 6.45) is 46.2. The largest absolute Gasteiger partial charge is 0.394 e. The molecular weight excluding hydrogens is 979 g/mol. The van der Waals surface area contributed by atoms with Gasteiger partial charge in [0, 0.05) is 6.42 Å². The molecule has 77 heavy (non-hydrogen) atoms. The van der Waals surface area contributed by atoms with Crippen LogP contribution in [-0.4, -0.2) is 140 Å². The van der Waals surface area contributed by atoms with E-state index in [9.17, 15) is 45.6 Å². The van der Waals surface area contributed by atoms with Crippen molar-refractivity contribution in [3.8, 4) is 0 Å². The molecule has 2 saturated heterocycles. The molecule has 2 heterocycles. The van der Waals surface area contributed by atoms with Crippen molar-refractivity contribution in [3.63, 3.8) is 0 Å². The fraction of sp³-hybridized carbons (Fsp3) is 0.794. The molecule has 0 bridgehead atoms. The third kappa shape index (κ3) is 33.7. The highest BCUT2D eigenvalue weighted by Gasteiger charge is 2.51. The molecule has 0 spiro atoms. The predicted molar refractivity (Wildman–Crippen MR) is 309 cm³/mol. The molecule has 14 heteroatoms. The quantitative estimate of drug-likeness (QED) is 0.0204. The average molecular weight is 1090 g/mol. The summed E-state index contributed by atoms with van der Waals surface area (Å²) in [6, 6.07) is -0.832. The van der Waals surface area contributed by atoms with E-state index in [2.05, 4.69) is 92.1 Å². The number of aliphatic hydroxyl groups excluding tert-OH is 8. The van der Waals surface area contributed by atoms with Crippen molar-refractivity contribution in [3.05, 3.63) is 72.9 Å². The Labute approximate surface area is 466 Å². The summed E-state index contributed by atoms with van der Waals surface area (Å²) in [5.41, 5.74) is 0. The van der Waals surface area contributed by atoms with Gasteiger partial charge in [0.05, 0.1) is 32.0 Å². The Kier molecular flexibility index (Phi) is 44.1. The zero-order chi connectivity index (χ0) is 56.0. The lowest BCUT2D eigenvalue weighted by Gasteiger charge is -2.46. The van der Waals surface area contributed by atoms with Crippen molar-refractivity contribution in [2.45, 2.75) is 299 Å². The number of carbonyl (C=O) groups is 1. The van der Waals surface area contributed by atoms with Crippen molar-refractivity contribution in [2.24, 2.45) is 0 Å². The first-order valence-corrected chi connectivity index (χ1v) is 30.7. The van der Waals surface area contributed by atoms with Crippen LogP contribution in [0.2, 0.25) is 0 Å². The molecule has 0 aromatic rings. The Balaban J connectivity index is 1.66. The van der Waals surface area contributed by atoms with E-state index in [1.165, 1.54) is 103 Å². The molecule has 0 aliphatic carbocycles. The van der Waals surface area contributed by atoms with Gasteiger partial charge in [-0.15, -0.1) is 0 Å². The Morgan fingerprint density at radius 3 is 1.38 bits per heavy atom. The van der Waals surface area contributed by atoms with Crippen LogP contribution in [0.3, 0.4) is 0 Å². The van der Waals surface area contributed by atoms with E-state index in [0.29, 0.717) is 12.8 Å². The van der Waals surface area contributed by atoms with E-state index in [1.54, 1.807) is 0 Å². The van der Waals surface area contributed by atoms with E-state index in [4.69, 9.17) is 18.9 Å². The molecule has 9 N–H and O–H groups in total. The van der Waals surface area contributed by atoms with Crippen LogP contribution in [0, 0.1) is 0 Å². The van der Waals surface area contributed by atoms with Gasteiger partial charge < -0.3 is 65.1 Å². The van der Waals surface area contributed by atoms with Gasteiger partial charge in [-0.05, 0) is 64.2 Å². The maximum atomic E-state index is 13.3.